The first kappa shape index (κ1) is 15.9. The van der Waals surface area contributed by atoms with Gasteiger partial charge in [0, 0.05) is 5.69 Å². The molecule has 0 fully saturated rings. The number of nitrogens with one attached hydrogen (secondary N) is 1. The van der Waals surface area contributed by atoms with Gasteiger partial charge in [-0.2, -0.15) is 4.99 Å². The van der Waals surface area contributed by atoms with Crippen molar-refractivity contribution in [3.63, 3.8) is 0 Å². The first-order valence-electron chi connectivity index (χ1n) is 6.13. The summed E-state index contributed by atoms with van der Waals surface area (Å²) in [4.78, 5) is 25.6. The number of aliphatic hydroxyl groups excluding tert-OH is 1. The van der Waals surface area contributed by atoms with Crippen LogP contribution in [0.25, 0.3) is 0 Å². The van der Waals surface area contributed by atoms with Crippen molar-refractivity contribution in [2.24, 2.45) is 4.99 Å². The minimum atomic E-state index is -1.00. The summed E-state index contributed by atoms with van der Waals surface area (Å²) in [5.74, 6) is 0. The minimum Gasteiger partial charge on any atom is -0.441 e. The molecule has 0 aromatic heterocycles. The van der Waals surface area contributed by atoms with Gasteiger partial charge in [0.1, 0.15) is 5.60 Å². The highest BCUT2D eigenvalue weighted by Crippen LogP contribution is 2.23. The van der Waals surface area contributed by atoms with E-state index in [0.717, 1.165) is 5.56 Å². The Kier molecular flexibility index (Phi) is 5.02. The van der Waals surface area contributed by atoms with Crippen LogP contribution in [-0.4, -0.2) is 29.0 Å². The van der Waals surface area contributed by atoms with Crippen molar-refractivity contribution >= 4 is 23.5 Å². The molecule has 1 amide bonds. The summed E-state index contributed by atoms with van der Waals surface area (Å²) in [5.41, 5.74) is 0.651. The second kappa shape index (κ2) is 6.32. The van der Waals surface area contributed by atoms with Crippen LogP contribution in [0.3, 0.4) is 0 Å². The topological polar surface area (TPSA) is 88.0 Å². The summed E-state index contributed by atoms with van der Waals surface area (Å²) in [7, 11) is 0. The number of rotatable bonds is 4. The highest BCUT2D eigenvalue weighted by atomic mass is 16.6. The second-order valence-corrected chi connectivity index (χ2v) is 5.00. The molecule has 0 heterocycles. The van der Waals surface area contributed by atoms with Crippen molar-refractivity contribution in [3.8, 4) is 0 Å². The fraction of sp³-hybridized carbons (Fsp3) is 0.429. The Morgan fingerprint density at radius 3 is 2.70 bits per heavy atom. The Morgan fingerprint density at radius 1 is 1.50 bits per heavy atom. The first-order valence-corrected chi connectivity index (χ1v) is 6.13. The molecule has 6 nitrogen and oxygen atoms in total. The van der Waals surface area contributed by atoms with E-state index in [-0.39, 0.29) is 0 Å². The summed E-state index contributed by atoms with van der Waals surface area (Å²) < 4.78 is 5.13. The van der Waals surface area contributed by atoms with Gasteiger partial charge in [-0.05, 0) is 45.4 Å². The van der Waals surface area contributed by atoms with E-state index in [1.807, 2.05) is 0 Å². The van der Waals surface area contributed by atoms with Crippen LogP contribution >= 0.6 is 0 Å². The van der Waals surface area contributed by atoms with Crippen molar-refractivity contribution in [1.29, 1.82) is 0 Å². The molecular formula is C14H18N2O4. The molecule has 2 N–H and O–H groups in total. The van der Waals surface area contributed by atoms with Crippen molar-refractivity contribution in [1.82, 2.24) is 0 Å². The van der Waals surface area contributed by atoms with Crippen LogP contribution in [0, 0.1) is 6.92 Å². The fourth-order valence-electron chi connectivity index (χ4n) is 1.32. The molecular weight excluding hydrogens is 260 g/mol. The quantitative estimate of drug-likeness (QED) is 0.654. The number of hydrogen-bond donors (Lipinski definition) is 2. The fourth-order valence-corrected chi connectivity index (χ4v) is 1.32. The SMILES string of the molecule is Cc1ccc(NC(=O)OC(C)(C)C(C)O)cc1N=C=O. The van der Waals surface area contributed by atoms with Gasteiger partial charge >= 0.3 is 6.09 Å². The van der Waals surface area contributed by atoms with Crippen LogP contribution in [0.4, 0.5) is 16.2 Å². The maximum absolute atomic E-state index is 11.7. The van der Waals surface area contributed by atoms with Crippen molar-refractivity contribution in [2.45, 2.75) is 39.4 Å². The molecule has 1 aromatic carbocycles. The number of nitrogens with zero attached hydrogens (tertiary/aromatic N) is 1. The van der Waals surface area contributed by atoms with Gasteiger partial charge in [-0.15, -0.1) is 0 Å². The predicted octanol–water partition coefficient (Wildman–Crippen LogP) is 2.67. The Morgan fingerprint density at radius 2 is 2.15 bits per heavy atom. The van der Waals surface area contributed by atoms with Gasteiger partial charge in [-0.3, -0.25) is 5.32 Å². The average molecular weight is 278 g/mol. The maximum atomic E-state index is 11.7. The van der Waals surface area contributed by atoms with Crippen LogP contribution in [0.2, 0.25) is 0 Å². The normalized spacial score (nSPS) is 12.2. The van der Waals surface area contributed by atoms with E-state index in [2.05, 4.69) is 10.3 Å². The molecule has 0 spiro atoms. The molecule has 1 aromatic rings. The van der Waals surface area contributed by atoms with Crippen molar-refractivity contribution in [3.05, 3.63) is 23.8 Å². The summed E-state index contributed by atoms with van der Waals surface area (Å²) in [6.45, 7) is 6.54. The van der Waals surface area contributed by atoms with Gasteiger partial charge in [0.25, 0.3) is 0 Å². The number of isocyanates is 1. The standard InChI is InChI=1S/C14H18N2O4/c1-9-5-6-11(7-12(9)15-8-17)16-13(19)20-14(3,4)10(2)18/h5-7,10,18H,1-4H3,(H,16,19). The third-order valence-corrected chi connectivity index (χ3v) is 2.98. The Hall–Kier alpha value is -2.17. The summed E-state index contributed by atoms with van der Waals surface area (Å²) in [6, 6.07) is 4.91. The van der Waals surface area contributed by atoms with Gasteiger partial charge in [-0.1, -0.05) is 6.07 Å². The van der Waals surface area contributed by atoms with Crippen LogP contribution in [-0.2, 0) is 9.53 Å². The van der Waals surface area contributed by atoms with Gasteiger partial charge in [0.2, 0.25) is 6.08 Å². The number of carbonyl (C=O) groups is 1. The third-order valence-electron chi connectivity index (χ3n) is 2.98. The number of ether oxygens (including phenoxy) is 1. The lowest BCUT2D eigenvalue weighted by Gasteiger charge is -2.27. The maximum Gasteiger partial charge on any atom is 0.412 e. The zero-order chi connectivity index (χ0) is 15.3. The molecule has 0 saturated carbocycles. The van der Waals surface area contributed by atoms with Gasteiger partial charge in [-0.25, -0.2) is 9.59 Å². The predicted molar refractivity (Wildman–Crippen MR) is 74.8 cm³/mol. The number of aliphatic imine (C=N–C) groups is 1. The minimum absolute atomic E-state index is 0.424. The number of aryl methyl sites for hydroxylation is 1. The number of carbonyl (C=O) groups excluding carboxylic acids is 2. The molecule has 0 aliphatic heterocycles. The largest absolute Gasteiger partial charge is 0.441 e. The van der Waals surface area contributed by atoms with E-state index in [4.69, 9.17) is 4.74 Å². The highest BCUT2D eigenvalue weighted by molar-refractivity contribution is 5.85. The van der Waals surface area contributed by atoms with Gasteiger partial charge < -0.3 is 9.84 Å². The van der Waals surface area contributed by atoms with Crippen molar-refractivity contribution in [2.75, 3.05) is 5.32 Å². The molecule has 1 unspecified atom stereocenters. The van der Waals surface area contributed by atoms with Gasteiger partial charge in [0.05, 0.1) is 11.8 Å². The Labute approximate surface area is 117 Å². The third kappa shape index (κ3) is 4.19. The zero-order valence-electron chi connectivity index (χ0n) is 11.9. The van der Waals surface area contributed by atoms with E-state index in [0.29, 0.717) is 11.4 Å². The monoisotopic (exact) mass is 278 g/mol. The number of hydrogen-bond acceptors (Lipinski definition) is 5. The van der Waals surface area contributed by atoms with E-state index < -0.39 is 17.8 Å². The number of anilines is 1. The molecule has 20 heavy (non-hydrogen) atoms. The highest BCUT2D eigenvalue weighted by Gasteiger charge is 2.28. The molecule has 1 atom stereocenters. The van der Waals surface area contributed by atoms with Gasteiger partial charge in [0.15, 0.2) is 0 Å². The van der Waals surface area contributed by atoms with E-state index >= 15 is 0 Å². The molecule has 0 aliphatic carbocycles. The van der Waals surface area contributed by atoms with Crippen LogP contribution in [0.5, 0.6) is 0 Å². The Balaban J connectivity index is 2.81. The second-order valence-electron chi connectivity index (χ2n) is 5.00. The van der Waals surface area contributed by atoms with Crippen LogP contribution in [0.1, 0.15) is 26.3 Å². The lowest BCUT2D eigenvalue weighted by Crippen LogP contribution is -2.40. The molecule has 0 bridgehead atoms. The Bertz CT molecular complexity index is 546. The first-order chi connectivity index (χ1) is 9.26. The summed E-state index contributed by atoms with van der Waals surface area (Å²) >= 11 is 0. The number of amides is 1. The lowest BCUT2D eigenvalue weighted by atomic mass is 10.0. The van der Waals surface area contributed by atoms with Crippen molar-refractivity contribution < 1.29 is 19.4 Å². The summed E-state index contributed by atoms with van der Waals surface area (Å²) in [6.07, 6.45) is -0.0414. The average Bonchev–Trinajstić information content (AvgIpc) is 2.32. The number of benzene rings is 1. The number of aliphatic hydroxyl groups is 1. The van der Waals surface area contributed by atoms with Crippen LogP contribution in [0.15, 0.2) is 23.2 Å². The molecule has 0 saturated heterocycles. The van der Waals surface area contributed by atoms with E-state index in [1.165, 1.54) is 19.1 Å². The molecule has 0 radical (unpaired) electrons. The molecule has 1 rings (SSSR count). The van der Waals surface area contributed by atoms with E-state index in [1.54, 1.807) is 32.9 Å². The molecule has 108 valence electrons. The lowest BCUT2D eigenvalue weighted by molar-refractivity contribution is -0.0441. The molecule has 0 aliphatic rings. The van der Waals surface area contributed by atoms with Crippen LogP contribution < -0.4 is 5.32 Å². The smallest absolute Gasteiger partial charge is 0.412 e. The van der Waals surface area contributed by atoms with E-state index in [9.17, 15) is 14.7 Å². The zero-order valence-corrected chi connectivity index (χ0v) is 11.9. The molecule has 6 heteroatoms. The summed E-state index contributed by atoms with van der Waals surface area (Å²) in [5, 5.41) is 12.0.